The molecule has 8 nitrogen and oxygen atoms in total. The SMILES string of the molecule is [C-]#[N+]/C(C#N)=c1/nc2c(-c3ccc(C(F)(F)F)cc3)cc3c(cc(-c4ccc(C)cc4)c4n/c(=C(/C#N)[N+]#[C-])oc43)c2o1. The van der Waals surface area contributed by atoms with Gasteiger partial charge < -0.3 is 8.83 Å². The summed E-state index contributed by atoms with van der Waals surface area (Å²) in [5.41, 5.74) is 1.85. The number of alkyl halides is 3. The van der Waals surface area contributed by atoms with Crippen LogP contribution in [0.2, 0.25) is 0 Å². The summed E-state index contributed by atoms with van der Waals surface area (Å²) in [7, 11) is 0. The topological polar surface area (TPSA) is 108 Å². The molecule has 0 spiro atoms. The maximum absolute atomic E-state index is 13.3. The summed E-state index contributed by atoms with van der Waals surface area (Å²) in [6, 6.07) is 18.9. The van der Waals surface area contributed by atoms with Gasteiger partial charge in [-0.15, -0.1) is 0 Å². The molecular formula is C32H13F3N6O2. The Bertz CT molecular complexity index is 2390. The molecule has 0 bridgehead atoms. The number of benzene rings is 4. The van der Waals surface area contributed by atoms with E-state index in [0.717, 1.165) is 23.3 Å². The van der Waals surface area contributed by atoms with E-state index in [2.05, 4.69) is 19.7 Å². The Morgan fingerprint density at radius 1 is 0.744 bits per heavy atom. The molecule has 6 rings (SSSR count). The zero-order chi connectivity index (χ0) is 30.5. The molecular weight excluding hydrogens is 557 g/mol. The van der Waals surface area contributed by atoms with Gasteiger partial charge in [0.05, 0.1) is 30.8 Å². The Morgan fingerprint density at radius 2 is 1.16 bits per heavy atom. The summed E-state index contributed by atoms with van der Waals surface area (Å²) in [6.07, 6.45) is -4.54. The molecule has 0 aliphatic rings. The van der Waals surface area contributed by atoms with Gasteiger partial charge in [-0.2, -0.15) is 13.2 Å². The smallest absolute Gasteiger partial charge is 0.416 e. The largest absolute Gasteiger partial charge is 0.445 e. The van der Waals surface area contributed by atoms with Crippen LogP contribution in [0.25, 0.3) is 76.3 Å². The Morgan fingerprint density at radius 3 is 1.53 bits per heavy atom. The van der Waals surface area contributed by atoms with Crippen LogP contribution >= 0.6 is 0 Å². The average Bonchev–Trinajstić information content (AvgIpc) is 3.64. The van der Waals surface area contributed by atoms with E-state index in [4.69, 9.17) is 22.0 Å². The zero-order valence-electron chi connectivity index (χ0n) is 21.9. The monoisotopic (exact) mass is 570 g/mol. The van der Waals surface area contributed by atoms with Gasteiger partial charge in [-0.25, -0.2) is 30.2 Å². The molecule has 0 amide bonds. The zero-order valence-corrected chi connectivity index (χ0v) is 21.9. The lowest BCUT2D eigenvalue weighted by molar-refractivity contribution is -0.137. The Hall–Kier alpha value is -6.43. The molecule has 0 aliphatic heterocycles. The highest BCUT2D eigenvalue weighted by Crippen LogP contribution is 2.41. The predicted octanol–water partition coefficient (Wildman–Crippen LogP) is 6.89. The second-order valence-electron chi connectivity index (χ2n) is 9.42. The van der Waals surface area contributed by atoms with Crippen LogP contribution in [0, 0.1) is 42.7 Å². The normalized spacial score (nSPS) is 12.8. The van der Waals surface area contributed by atoms with Crippen LogP contribution in [0.1, 0.15) is 11.1 Å². The standard InChI is InChI=1S/C32H13F3N6O2/c1-16-4-6-17(7-5-16)20-12-22-23(28-26(20)40-30(42-28)24(14-36)38-2)13-21(18-8-10-19(11-9-18)32(33,34)35)27-29(22)43-31(41-27)25(15-37)39-3/h4-13H,1H3/b30-24+,31-25-. The highest BCUT2D eigenvalue weighted by molar-refractivity contribution is 6.19. The maximum atomic E-state index is 13.3. The van der Waals surface area contributed by atoms with Crippen molar-refractivity contribution in [1.29, 1.82) is 10.5 Å². The number of nitriles is 2. The van der Waals surface area contributed by atoms with Gasteiger partial charge in [0.25, 0.3) is 0 Å². The van der Waals surface area contributed by atoms with Crippen molar-refractivity contribution >= 4 is 44.4 Å². The number of halogens is 3. The fourth-order valence-corrected chi connectivity index (χ4v) is 4.78. The number of oxazole rings is 2. The highest BCUT2D eigenvalue weighted by Gasteiger charge is 2.30. The minimum absolute atomic E-state index is 0.154. The first-order valence-corrected chi connectivity index (χ1v) is 12.4. The molecule has 0 fully saturated rings. The van der Waals surface area contributed by atoms with Gasteiger partial charge in [-0.3, -0.25) is 0 Å². The summed E-state index contributed by atoms with van der Waals surface area (Å²) in [5, 5.41) is 19.8. The number of hydrogen-bond acceptors (Lipinski definition) is 6. The molecule has 0 radical (unpaired) electrons. The van der Waals surface area contributed by atoms with Gasteiger partial charge in [-0.05, 0) is 42.3 Å². The molecule has 11 heteroatoms. The fourth-order valence-electron chi connectivity index (χ4n) is 4.78. The molecule has 0 aliphatic carbocycles. The highest BCUT2D eigenvalue weighted by atomic mass is 19.4. The minimum Gasteiger partial charge on any atom is -0.445 e. The van der Waals surface area contributed by atoms with Crippen LogP contribution in [0.4, 0.5) is 13.2 Å². The van der Waals surface area contributed by atoms with Crippen molar-refractivity contribution in [3.05, 3.63) is 106 Å². The number of rotatable bonds is 2. The van der Waals surface area contributed by atoms with E-state index in [1.807, 2.05) is 31.2 Å². The molecule has 2 aromatic heterocycles. The number of nitrogens with zero attached hydrogens (tertiary/aromatic N) is 6. The Balaban J connectivity index is 1.82. The second-order valence-corrected chi connectivity index (χ2v) is 9.42. The minimum atomic E-state index is -4.54. The third-order valence-electron chi connectivity index (χ3n) is 6.85. The quantitative estimate of drug-likeness (QED) is 0.210. The lowest BCUT2D eigenvalue weighted by Gasteiger charge is -2.11. The van der Waals surface area contributed by atoms with Gasteiger partial charge in [0, 0.05) is 21.9 Å². The van der Waals surface area contributed by atoms with E-state index in [9.17, 15) is 23.7 Å². The molecule has 0 saturated carbocycles. The number of aryl methyl sites for hydroxylation is 1. The van der Waals surface area contributed by atoms with E-state index >= 15 is 0 Å². The number of fused-ring (bicyclic) bond motifs is 5. The van der Waals surface area contributed by atoms with Gasteiger partial charge in [0.2, 0.25) is 11.1 Å². The lowest BCUT2D eigenvalue weighted by Crippen LogP contribution is -2.04. The van der Waals surface area contributed by atoms with Gasteiger partial charge in [0.15, 0.2) is 11.2 Å². The number of hydrogen-bond donors (Lipinski definition) is 0. The molecule has 204 valence electrons. The van der Waals surface area contributed by atoms with Crippen molar-refractivity contribution in [3.8, 4) is 34.4 Å². The van der Waals surface area contributed by atoms with Crippen molar-refractivity contribution in [2.75, 3.05) is 0 Å². The Labute approximate surface area is 240 Å². The molecule has 43 heavy (non-hydrogen) atoms. The van der Waals surface area contributed by atoms with E-state index in [0.29, 0.717) is 33.0 Å². The fraction of sp³-hybridized carbons (Fsp3) is 0.0625. The van der Waals surface area contributed by atoms with Gasteiger partial charge in [-0.1, -0.05) is 42.0 Å². The first-order valence-electron chi connectivity index (χ1n) is 12.4. The average molecular weight is 570 g/mol. The third kappa shape index (κ3) is 4.39. The summed E-state index contributed by atoms with van der Waals surface area (Å²) in [5.74, 6) is 0. The van der Waals surface area contributed by atoms with Crippen LogP contribution in [0.15, 0.2) is 69.5 Å². The van der Waals surface area contributed by atoms with Crippen LogP contribution in [0.5, 0.6) is 0 Å². The molecule has 0 atom stereocenters. The van der Waals surface area contributed by atoms with E-state index in [1.165, 1.54) is 12.1 Å². The summed E-state index contributed by atoms with van der Waals surface area (Å²) < 4.78 is 51.9. The summed E-state index contributed by atoms with van der Waals surface area (Å²) in [6.45, 7) is 16.7. The summed E-state index contributed by atoms with van der Waals surface area (Å²) >= 11 is 0. The van der Waals surface area contributed by atoms with Crippen LogP contribution < -0.4 is 11.1 Å². The second kappa shape index (κ2) is 9.89. The van der Waals surface area contributed by atoms with E-state index in [1.54, 1.807) is 24.3 Å². The molecule has 4 aromatic carbocycles. The van der Waals surface area contributed by atoms with Crippen LogP contribution in [-0.4, -0.2) is 9.97 Å². The number of aromatic nitrogens is 2. The predicted molar refractivity (Wildman–Crippen MR) is 150 cm³/mol. The molecule has 6 aromatic rings. The van der Waals surface area contributed by atoms with E-state index in [-0.39, 0.29) is 33.5 Å². The Kier molecular flexibility index (Phi) is 6.16. The third-order valence-corrected chi connectivity index (χ3v) is 6.85. The van der Waals surface area contributed by atoms with Gasteiger partial charge in [0.1, 0.15) is 11.0 Å². The van der Waals surface area contributed by atoms with Gasteiger partial charge >= 0.3 is 17.6 Å². The van der Waals surface area contributed by atoms with Crippen molar-refractivity contribution in [2.45, 2.75) is 13.1 Å². The first kappa shape index (κ1) is 26.8. The summed E-state index contributed by atoms with van der Waals surface area (Å²) in [4.78, 5) is 15.3. The van der Waals surface area contributed by atoms with Crippen molar-refractivity contribution < 1.29 is 22.0 Å². The van der Waals surface area contributed by atoms with E-state index < -0.39 is 17.4 Å². The molecule has 0 unspecified atom stereocenters. The first-order chi connectivity index (χ1) is 20.7. The maximum Gasteiger partial charge on any atom is 0.416 e. The van der Waals surface area contributed by atoms with Crippen molar-refractivity contribution in [1.82, 2.24) is 9.97 Å². The molecule has 0 N–H and O–H groups in total. The molecule has 0 saturated heterocycles. The van der Waals surface area contributed by atoms with Crippen molar-refractivity contribution in [3.63, 3.8) is 0 Å². The van der Waals surface area contributed by atoms with Crippen LogP contribution in [0.3, 0.4) is 0 Å². The lowest BCUT2D eigenvalue weighted by atomic mass is 9.94. The van der Waals surface area contributed by atoms with Crippen molar-refractivity contribution in [2.24, 2.45) is 0 Å². The molecule has 2 heterocycles. The van der Waals surface area contributed by atoms with Crippen LogP contribution in [-0.2, 0) is 6.18 Å².